The third-order valence-corrected chi connectivity index (χ3v) is 3.30. The van der Waals surface area contributed by atoms with Crippen molar-refractivity contribution < 1.29 is 9.90 Å². The minimum Gasteiger partial charge on any atom is -0.481 e. The predicted octanol–water partition coefficient (Wildman–Crippen LogP) is 1.12. The van der Waals surface area contributed by atoms with Gasteiger partial charge in [-0.25, -0.2) is 9.67 Å². The van der Waals surface area contributed by atoms with Gasteiger partial charge in [-0.3, -0.25) is 4.79 Å². The second-order valence-corrected chi connectivity index (χ2v) is 4.56. The Morgan fingerprint density at radius 2 is 2.50 bits per heavy atom. The third-order valence-electron chi connectivity index (χ3n) is 1.71. The molecule has 0 fully saturated rings. The van der Waals surface area contributed by atoms with Crippen LogP contribution in [-0.2, 0) is 11.8 Å². The van der Waals surface area contributed by atoms with Crippen LogP contribution in [0, 0.1) is 0 Å². The number of aliphatic carboxylic acids is 1. The highest BCUT2D eigenvalue weighted by Crippen LogP contribution is 2.20. The topological polar surface area (TPSA) is 80.9 Å². The van der Waals surface area contributed by atoms with Crippen molar-refractivity contribution in [2.75, 3.05) is 5.75 Å². The Bertz CT molecular complexity index is 494. The number of carboxylic acid groups (broad SMARTS) is 1. The fraction of sp³-hybridized carbons (Fsp3) is 0.250. The fourth-order valence-corrected chi connectivity index (χ4v) is 2.22. The summed E-state index contributed by atoms with van der Waals surface area (Å²) in [5.41, 5.74) is 2.42. The molecule has 6 nitrogen and oxygen atoms in total. The lowest BCUT2D eigenvalue weighted by Gasteiger charge is -1.94. The van der Waals surface area contributed by atoms with Gasteiger partial charge in [0, 0.05) is 12.4 Å². The highest BCUT2D eigenvalue weighted by Gasteiger charge is 2.12. The molecule has 0 saturated heterocycles. The van der Waals surface area contributed by atoms with Gasteiger partial charge in [0.25, 0.3) is 0 Å². The first kappa shape index (κ1) is 11.1. The van der Waals surface area contributed by atoms with E-state index in [2.05, 4.69) is 15.1 Å². The molecule has 0 aromatic carbocycles. The van der Waals surface area contributed by atoms with Gasteiger partial charge in [0.05, 0.1) is 11.3 Å². The normalized spacial score (nSPS) is 10.6. The number of aryl methyl sites for hydroxylation is 1. The lowest BCUT2D eigenvalue weighted by Crippen LogP contribution is -2.00. The molecule has 1 N–H and O–H groups in total. The van der Waals surface area contributed by atoms with E-state index >= 15 is 0 Å². The number of carbonyl (C=O) groups is 1. The molecule has 2 aromatic rings. The second-order valence-electron chi connectivity index (χ2n) is 2.90. The lowest BCUT2D eigenvalue weighted by molar-refractivity contribution is -0.133. The van der Waals surface area contributed by atoms with Gasteiger partial charge in [-0.15, -0.1) is 16.4 Å². The maximum atomic E-state index is 10.4. The molecule has 2 heterocycles. The number of carboxylic acids is 1. The molecule has 0 radical (unpaired) electrons. The van der Waals surface area contributed by atoms with Crippen molar-refractivity contribution in [3.8, 4) is 11.5 Å². The number of aromatic nitrogens is 4. The Balaban J connectivity index is 2.19. The van der Waals surface area contributed by atoms with Crippen molar-refractivity contribution in [1.29, 1.82) is 0 Å². The molecule has 0 aliphatic carbocycles. The summed E-state index contributed by atoms with van der Waals surface area (Å²) < 4.78 is 1.56. The monoisotopic (exact) mass is 256 g/mol. The molecule has 84 valence electrons. The summed E-state index contributed by atoms with van der Waals surface area (Å²) >= 11 is 2.61. The Hall–Kier alpha value is -1.41. The van der Waals surface area contributed by atoms with Gasteiger partial charge >= 0.3 is 5.97 Å². The smallest absolute Gasteiger partial charge is 0.313 e. The molecule has 0 bridgehead atoms. The van der Waals surface area contributed by atoms with E-state index in [1.54, 1.807) is 17.2 Å². The first-order valence-corrected chi connectivity index (χ1v) is 6.24. The van der Waals surface area contributed by atoms with E-state index < -0.39 is 5.97 Å². The zero-order valence-corrected chi connectivity index (χ0v) is 9.96. The van der Waals surface area contributed by atoms with Crippen LogP contribution >= 0.6 is 23.1 Å². The Labute approximate surface area is 99.3 Å². The molecule has 0 aliphatic heterocycles. The molecule has 0 amide bonds. The van der Waals surface area contributed by atoms with Crippen molar-refractivity contribution in [2.45, 2.75) is 5.16 Å². The Kier molecular flexibility index (Phi) is 3.20. The maximum Gasteiger partial charge on any atom is 0.313 e. The van der Waals surface area contributed by atoms with Crippen LogP contribution in [0.5, 0.6) is 0 Å². The first-order valence-electron chi connectivity index (χ1n) is 4.31. The fourth-order valence-electron chi connectivity index (χ4n) is 1.05. The summed E-state index contributed by atoms with van der Waals surface area (Å²) in [6, 6.07) is 0. The van der Waals surface area contributed by atoms with Crippen LogP contribution in [0.3, 0.4) is 0 Å². The summed E-state index contributed by atoms with van der Waals surface area (Å²) in [6.45, 7) is 0. The highest BCUT2D eigenvalue weighted by atomic mass is 32.2. The van der Waals surface area contributed by atoms with E-state index in [-0.39, 0.29) is 5.75 Å². The number of hydrogen-bond donors (Lipinski definition) is 1. The molecule has 0 unspecified atom stereocenters. The molecule has 0 saturated carbocycles. The van der Waals surface area contributed by atoms with Gasteiger partial charge in [0.1, 0.15) is 5.69 Å². The van der Waals surface area contributed by atoms with Crippen LogP contribution in [0.1, 0.15) is 0 Å². The molecular formula is C8H8N4O2S2. The molecular weight excluding hydrogens is 248 g/mol. The van der Waals surface area contributed by atoms with Crippen molar-refractivity contribution in [3.63, 3.8) is 0 Å². The number of thioether (sulfide) groups is 1. The van der Waals surface area contributed by atoms with Crippen LogP contribution in [0.2, 0.25) is 0 Å². The largest absolute Gasteiger partial charge is 0.481 e. The van der Waals surface area contributed by atoms with Crippen molar-refractivity contribution in [2.24, 2.45) is 7.05 Å². The lowest BCUT2D eigenvalue weighted by atomic mass is 10.5. The van der Waals surface area contributed by atoms with Crippen LogP contribution in [0.4, 0.5) is 0 Å². The van der Waals surface area contributed by atoms with Crippen molar-refractivity contribution in [3.05, 3.63) is 10.9 Å². The molecule has 0 spiro atoms. The van der Waals surface area contributed by atoms with Crippen molar-refractivity contribution >= 4 is 29.1 Å². The van der Waals surface area contributed by atoms with Gasteiger partial charge in [-0.2, -0.15) is 4.98 Å². The van der Waals surface area contributed by atoms with Crippen LogP contribution in [0.15, 0.2) is 16.0 Å². The minimum absolute atomic E-state index is 0.0248. The molecule has 0 aliphatic rings. The van der Waals surface area contributed by atoms with Crippen LogP contribution in [-0.4, -0.2) is 36.6 Å². The average Bonchev–Trinajstić information content (AvgIpc) is 2.83. The van der Waals surface area contributed by atoms with E-state index in [1.165, 1.54) is 11.3 Å². The predicted molar refractivity (Wildman–Crippen MR) is 60.5 cm³/mol. The molecule has 8 heteroatoms. The third kappa shape index (κ3) is 2.39. The van der Waals surface area contributed by atoms with Gasteiger partial charge in [-0.05, 0) is 0 Å². The van der Waals surface area contributed by atoms with Crippen LogP contribution in [0.25, 0.3) is 11.5 Å². The number of thiazole rings is 1. The minimum atomic E-state index is -0.872. The van der Waals surface area contributed by atoms with E-state index in [0.29, 0.717) is 16.7 Å². The van der Waals surface area contributed by atoms with Gasteiger partial charge in [0.15, 0.2) is 5.16 Å². The summed E-state index contributed by atoms with van der Waals surface area (Å²) in [4.78, 5) is 18.7. The van der Waals surface area contributed by atoms with Gasteiger partial charge < -0.3 is 5.11 Å². The number of nitrogens with zero attached hydrogens (tertiary/aromatic N) is 4. The summed E-state index contributed by atoms with van der Waals surface area (Å²) in [7, 11) is 1.73. The Morgan fingerprint density at radius 3 is 3.12 bits per heavy atom. The summed E-state index contributed by atoms with van der Waals surface area (Å²) in [5, 5.41) is 15.2. The standard InChI is InChI=1S/C8H8N4O2S2/c1-12-8(16-3-6(13)14)10-7(11-12)5-2-15-4-9-5/h2,4H,3H2,1H3,(H,13,14). The number of rotatable bonds is 4. The zero-order valence-electron chi connectivity index (χ0n) is 8.32. The van der Waals surface area contributed by atoms with E-state index in [1.807, 2.05) is 5.38 Å². The molecule has 2 rings (SSSR count). The van der Waals surface area contributed by atoms with Gasteiger partial charge in [-0.1, -0.05) is 11.8 Å². The van der Waals surface area contributed by atoms with E-state index in [4.69, 9.17) is 5.11 Å². The summed E-state index contributed by atoms with van der Waals surface area (Å²) in [5.74, 6) is -0.372. The Morgan fingerprint density at radius 1 is 1.69 bits per heavy atom. The van der Waals surface area contributed by atoms with E-state index in [0.717, 1.165) is 11.8 Å². The van der Waals surface area contributed by atoms with Gasteiger partial charge in [0.2, 0.25) is 5.82 Å². The molecule has 0 atom stereocenters. The average molecular weight is 256 g/mol. The SMILES string of the molecule is Cn1nc(-c2cscn2)nc1SCC(=O)O. The van der Waals surface area contributed by atoms with Crippen molar-refractivity contribution in [1.82, 2.24) is 19.7 Å². The first-order chi connectivity index (χ1) is 7.66. The second kappa shape index (κ2) is 4.62. The zero-order chi connectivity index (χ0) is 11.5. The maximum absolute atomic E-state index is 10.4. The molecule has 16 heavy (non-hydrogen) atoms. The highest BCUT2D eigenvalue weighted by molar-refractivity contribution is 7.99. The molecule has 2 aromatic heterocycles. The quantitative estimate of drug-likeness (QED) is 0.825. The summed E-state index contributed by atoms with van der Waals surface area (Å²) in [6.07, 6.45) is 0. The van der Waals surface area contributed by atoms with E-state index in [9.17, 15) is 4.79 Å². The van der Waals surface area contributed by atoms with Crippen LogP contribution < -0.4 is 0 Å². The number of hydrogen-bond acceptors (Lipinski definition) is 6.